The van der Waals surface area contributed by atoms with Crippen LogP contribution in [0.15, 0.2) is 12.1 Å². The van der Waals surface area contributed by atoms with Crippen LogP contribution in [0.4, 0.5) is 5.69 Å². The Morgan fingerprint density at radius 1 is 1.19 bits per heavy atom. The largest absolute Gasteiger partial charge is 0.493 e. The fourth-order valence-corrected chi connectivity index (χ4v) is 2.05. The van der Waals surface area contributed by atoms with Gasteiger partial charge in [0.25, 0.3) is 5.69 Å². The zero-order valence-corrected chi connectivity index (χ0v) is 12.6. The second kappa shape index (κ2) is 9.18. The number of hydrogen-bond donors (Lipinski definition) is 1. The molecule has 0 heterocycles. The van der Waals surface area contributed by atoms with E-state index in [1.54, 1.807) is 0 Å². The van der Waals surface area contributed by atoms with Gasteiger partial charge in [0.15, 0.2) is 11.5 Å². The van der Waals surface area contributed by atoms with E-state index in [1.807, 2.05) is 0 Å². The van der Waals surface area contributed by atoms with Crippen LogP contribution in [0.5, 0.6) is 11.5 Å². The van der Waals surface area contributed by atoms with Crippen LogP contribution in [0.3, 0.4) is 0 Å². The summed E-state index contributed by atoms with van der Waals surface area (Å²) in [5.74, 6) is 0.745. The molecule has 0 bridgehead atoms. The van der Waals surface area contributed by atoms with Crippen LogP contribution in [-0.2, 0) is 6.61 Å². The van der Waals surface area contributed by atoms with Crippen molar-refractivity contribution in [3.63, 3.8) is 0 Å². The first kappa shape index (κ1) is 17.2. The summed E-state index contributed by atoms with van der Waals surface area (Å²) < 4.78 is 10.7. The number of nitrogens with zero attached hydrogens (tertiary/aromatic N) is 1. The molecule has 6 nitrogen and oxygen atoms in total. The van der Waals surface area contributed by atoms with Crippen LogP contribution in [0.1, 0.15) is 44.6 Å². The highest BCUT2D eigenvalue weighted by atomic mass is 16.6. The van der Waals surface area contributed by atoms with E-state index in [0.29, 0.717) is 18.1 Å². The van der Waals surface area contributed by atoms with Crippen LogP contribution in [0.25, 0.3) is 0 Å². The van der Waals surface area contributed by atoms with Gasteiger partial charge in [0.2, 0.25) is 0 Å². The van der Waals surface area contributed by atoms with Gasteiger partial charge in [-0.15, -0.1) is 0 Å². The van der Waals surface area contributed by atoms with Gasteiger partial charge in [-0.3, -0.25) is 10.1 Å². The van der Waals surface area contributed by atoms with Crippen molar-refractivity contribution in [2.45, 2.75) is 45.6 Å². The lowest BCUT2D eigenvalue weighted by molar-refractivity contribution is -0.385. The van der Waals surface area contributed by atoms with Crippen molar-refractivity contribution >= 4 is 5.69 Å². The van der Waals surface area contributed by atoms with Crippen molar-refractivity contribution < 1.29 is 19.5 Å². The number of aliphatic hydroxyl groups excluding tert-OH is 1. The number of ether oxygens (including phenoxy) is 2. The second-order valence-corrected chi connectivity index (χ2v) is 4.81. The molecule has 0 spiro atoms. The van der Waals surface area contributed by atoms with E-state index in [0.717, 1.165) is 12.8 Å². The number of nitro benzene ring substituents is 1. The molecule has 0 saturated heterocycles. The number of benzene rings is 1. The maximum Gasteiger partial charge on any atom is 0.278 e. The van der Waals surface area contributed by atoms with Crippen molar-refractivity contribution in [1.82, 2.24) is 0 Å². The fraction of sp³-hybridized carbons (Fsp3) is 0.600. The Morgan fingerprint density at radius 3 is 2.48 bits per heavy atom. The molecule has 0 aliphatic heterocycles. The smallest absolute Gasteiger partial charge is 0.278 e. The van der Waals surface area contributed by atoms with Gasteiger partial charge >= 0.3 is 0 Å². The van der Waals surface area contributed by atoms with Gasteiger partial charge in [0.1, 0.15) is 0 Å². The first-order chi connectivity index (χ1) is 10.1. The third-order valence-corrected chi connectivity index (χ3v) is 3.24. The van der Waals surface area contributed by atoms with Gasteiger partial charge < -0.3 is 14.6 Å². The lowest BCUT2D eigenvalue weighted by atomic mass is 10.1. The van der Waals surface area contributed by atoms with Crippen LogP contribution in [0.2, 0.25) is 0 Å². The Morgan fingerprint density at radius 2 is 1.90 bits per heavy atom. The van der Waals surface area contributed by atoms with E-state index >= 15 is 0 Å². The second-order valence-electron chi connectivity index (χ2n) is 4.81. The first-order valence-electron chi connectivity index (χ1n) is 7.23. The molecule has 0 fully saturated rings. The van der Waals surface area contributed by atoms with Crippen molar-refractivity contribution in [1.29, 1.82) is 0 Å². The zero-order chi connectivity index (χ0) is 15.7. The Hall–Kier alpha value is -1.82. The van der Waals surface area contributed by atoms with E-state index in [1.165, 1.54) is 38.5 Å². The average molecular weight is 297 g/mol. The van der Waals surface area contributed by atoms with E-state index in [2.05, 4.69) is 6.92 Å². The van der Waals surface area contributed by atoms with Gasteiger partial charge in [-0.25, -0.2) is 0 Å². The summed E-state index contributed by atoms with van der Waals surface area (Å²) in [7, 11) is 1.47. The molecule has 0 aliphatic rings. The number of methoxy groups -OCH3 is 1. The highest BCUT2D eigenvalue weighted by molar-refractivity contribution is 5.54. The van der Waals surface area contributed by atoms with E-state index in [-0.39, 0.29) is 11.3 Å². The molecule has 1 aromatic rings. The summed E-state index contributed by atoms with van der Waals surface area (Å²) in [6, 6.07) is 2.76. The van der Waals surface area contributed by atoms with Crippen molar-refractivity contribution in [3.8, 4) is 11.5 Å². The van der Waals surface area contributed by atoms with E-state index in [9.17, 15) is 15.2 Å². The SMILES string of the molecule is CCCCCCCOc1cc([N+](=O)[O-])c(CO)cc1OC. The normalized spacial score (nSPS) is 10.4. The number of unbranched alkanes of at least 4 members (excludes halogenated alkanes) is 4. The predicted octanol–water partition coefficient (Wildman–Crippen LogP) is 3.44. The average Bonchev–Trinajstić information content (AvgIpc) is 2.49. The summed E-state index contributed by atoms with van der Waals surface area (Å²) in [4.78, 5) is 10.5. The fourth-order valence-electron chi connectivity index (χ4n) is 2.05. The molecule has 21 heavy (non-hydrogen) atoms. The van der Waals surface area contributed by atoms with Crippen LogP contribution >= 0.6 is 0 Å². The summed E-state index contributed by atoms with van der Waals surface area (Å²) in [5, 5.41) is 20.2. The Balaban J connectivity index is 2.71. The van der Waals surface area contributed by atoms with Crippen LogP contribution in [-0.4, -0.2) is 23.7 Å². The summed E-state index contributed by atoms with van der Waals surface area (Å²) in [6.07, 6.45) is 5.54. The minimum Gasteiger partial charge on any atom is -0.493 e. The first-order valence-corrected chi connectivity index (χ1v) is 7.23. The standard InChI is InChI=1S/C15H23NO5/c1-3-4-5-6-7-8-21-15-10-13(16(18)19)12(11-17)9-14(15)20-2/h9-10,17H,3-8,11H2,1-2H3. The molecule has 118 valence electrons. The quantitative estimate of drug-likeness (QED) is 0.406. The predicted molar refractivity (Wildman–Crippen MR) is 79.8 cm³/mol. The molecule has 0 saturated carbocycles. The van der Waals surface area contributed by atoms with Gasteiger partial charge in [-0.05, 0) is 12.5 Å². The molecule has 1 rings (SSSR count). The third kappa shape index (κ3) is 5.23. The third-order valence-electron chi connectivity index (χ3n) is 3.24. The molecular formula is C15H23NO5. The van der Waals surface area contributed by atoms with Crippen LogP contribution in [0, 0.1) is 10.1 Å². The maximum atomic E-state index is 11.0. The zero-order valence-electron chi connectivity index (χ0n) is 12.6. The molecule has 0 amide bonds. The number of nitro groups is 1. The Kier molecular flexibility index (Phi) is 7.53. The lowest BCUT2D eigenvalue weighted by Crippen LogP contribution is -2.03. The van der Waals surface area contributed by atoms with Gasteiger partial charge in [-0.2, -0.15) is 0 Å². The minimum atomic E-state index is -0.529. The molecule has 0 unspecified atom stereocenters. The van der Waals surface area contributed by atoms with E-state index < -0.39 is 11.5 Å². The van der Waals surface area contributed by atoms with Crippen molar-refractivity contribution in [2.75, 3.05) is 13.7 Å². The Labute approximate surface area is 124 Å². The van der Waals surface area contributed by atoms with Crippen LogP contribution < -0.4 is 9.47 Å². The molecule has 1 aromatic carbocycles. The minimum absolute atomic E-state index is 0.153. The lowest BCUT2D eigenvalue weighted by Gasteiger charge is -2.12. The molecule has 0 aromatic heterocycles. The van der Waals surface area contributed by atoms with Gasteiger partial charge in [0.05, 0.1) is 36.9 Å². The number of rotatable bonds is 10. The number of hydrogen-bond acceptors (Lipinski definition) is 5. The molecule has 6 heteroatoms. The monoisotopic (exact) mass is 297 g/mol. The summed E-state index contributed by atoms with van der Waals surface area (Å²) >= 11 is 0. The topological polar surface area (TPSA) is 81.8 Å². The highest BCUT2D eigenvalue weighted by Crippen LogP contribution is 2.34. The maximum absolute atomic E-state index is 11.0. The van der Waals surface area contributed by atoms with Crippen molar-refractivity contribution in [3.05, 3.63) is 27.8 Å². The highest BCUT2D eigenvalue weighted by Gasteiger charge is 2.19. The molecule has 0 aliphatic carbocycles. The summed E-state index contributed by atoms with van der Waals surface area (Å²) in [5.41, 5.74) is 0.0615. The molecule has 0 atom stereocenters. The van der Waals surface area contributed by atoms with Gasteiger partial charge in [0, 0.05) is 0 Å². The number of aliphatic hydroxyl groups is 1. The summed E-state index contributed by atoms with van der Waals surface area (Å²) in [6.45, 7) is 2.24. The van der Waals surface area contributed by atoms with E-state index in [4.69, 9.17) is 9.47 Å². The molecular weight excluding hydrogens is 274 g/mol. The molecule has 0 radical (unpaired) electrons. The van der Waals surface area contributed by atoms with Gasteiger partial charge in [-0.1, -0.05) is 32.6 Å². The van der Waals surface area contributed by atoms with Crippen molar-refractivity contribution in [2.24, 2.45) is 0 Å². The molecule has 1 N–H and O–H groups in total. The Bertz CT molecular complexity index is 462.